The third-order valence-electron chi connectivity index (χ3n) is 3.64. The molecule has 3 aromatic heterocycles. The molecule has 0 fully saturated rings. The smallest absolute Gasteiger partial charge is 0.262 e. The third kappa shape index (κ3) is 3.10. The van der Waals surface area contributed by atoms with Crippen LogP contribution in [0.5, 0.6) is 0 Å². The first-order chi connectivity index (χ1) is 12.1. The third-order valence-corrected chi connectivity index (χ3v) is 5.51. The van der Waals surface area contributed by atoms with Gasteiger partial charge in [-0.25, -0.2) is 14.4 Å². The number of hydrogen-bond acceptors (Lipinski definition) is 6. The van der Waals surface area contributed by atoms with Gasteiger partial charge >= 0.3 is 0 Å². The molecule has 126 valence electrons. The van der Waals surface area contributed by atoms with Gasteiger partial charge in [0.15, 0.2) is 5.16 Å². The molecule has 0 aliphatic rings. The first kappa shape index (κ1) is 16.0. The summed E-state index contributed by atoms with van der Waals surface area (Å²) in [5.74, 6) is 0.524. The Kier molecular flexibility index (Phi) is 4.14. The highest BCUT2D eigenvalue weighted by molar-refractivity contribution is 7.98. The Hall–Kier alpha value is -2.45. The van der Waals surface area contributed by atoms with Gasteiger partial charge in [-0.2, -0.15) is 0 Å². The Morgan fingerprint density at radius 1 is 1.32 bits per heavy atom. The monoisotopic (exact) mass is 373 g/mol. The Bertz CT molecular complexity index is 1120. The summed E-state index contributed by atoms with van der Waals surface area (Å²) < 4.78 is 20.3. The number of thioether (sulfide) groups is 1. The van der Waals surface area contributed by atoms with Gasteiger partial charge in [-0.1, -0.05) is 17.8 Å². The van der Waals surface area contributed by atoms with E-state index in [4.69, 9.17) is 4.42 Å². The zero-order valence-electron chi connectivity index (χ0n) is 13.1. The fourth-order valence-electron chi connectivity index (χ4n) is 2.37. The molecule has 0 N–H and O–H groups in total. The van der Waals surface area contributed by atoms with E-state index in [0.29, 0.717) is 33.4 Å². The van der Waals surface area contributed by atoms with E-state index in [-0.39, 0.29) is 11.4 Å². The molecule has 0 amide bonds. The fraction of sp³-hybridized carbons (Fsp3) is 0.118. The molecule has 0 spiro atoms. The number of halogens is 1. The van der Waals surface area contributed by atoms with Crippen LogP contribution in [0.2, 0.25) is 0 Å². The number of benzene rings is 1. The van der Waals surface area contributed by atoms with Crippen molar-refractivity contribution in [3.63, 3.8) is 0 Å². The molecule has 1 aromatic carbocycles. The largest absolute Gasteiger partial charge is 0.444 e. The van der Waals surface area contributed by atoms with Gasteiger partial charge in [-0.05, 0) is 29.6 Å². The van der Waals surface area contributed by atoms with Gasteiger partial charge in [0.2, 0.25) is 5.89 Å². The quantitative estimate of drug-likeness (QED) is 0.398. The lowest BCUT2D eigenvalue weighted by atomic mass is 10.2. The normalized spacial score (nSPS) is 11.3. The number of thiophene rings is 1. The molecular weight excluding hydrogens is 361 g/mol. The van der Waals surface area contributed by atoms with Crippen LogP contribution < -0.4 is 5.56 Å². The maximum Gasteiger partial charge on any atom is 0.262 e. The number of hydrogen-bond donors (Lipinski definition) is 0. The molecule has 0 aliphatic carbocycles. The molecule has 0 unspecified atom stereocenters. The van der Waals surface area contributed by atoms with E-state index >= 15 is 0 Å². The maximum absolute atomic E-state index is 13.3. The Labute approximate surface area is 150 Å². The molecule has 5 nitrogen and oxygen atoms in total. The average Bonchev–Trinajstić information content (AvgIpc) is 3.26. The van der Waals surface area contributed by atoms with E-state index in [1.54, 1.807) is 25.2 Å². The van der Waals surface area contributed by atoms with Crippen LogP contribution in [0.4, 0.5) is 4.39 Å². The molecule has 0 radical (unpaired) electrons. The molecule has 25 heavy (non-hydrogen) atoms. The van der Waals surface area contributed by atoms with Crippen molar-refractivity contribution in [2.45, 2.75) is 10.9 Å². The zero-order chi connectivity index (χ0) is 17.4. The first-order valence-electron chi connectivity index (χ1n) is 7.39. The van der Waals surface area contributed by atoms with Crippen molar-refractivity contribution in [1.29, 1.82) is 0 Å². The fourth-order valence-corrected chi connectivity index (χ4v) is 4.03. The standard InChI is InChI=1S/C17H12FN3O2S2/c1-21-16(22)13-5-6-24-15(13)20-17(21)25-9-12-8-23-14(19-12)10-3-2-4-11(18)7-10/h2-8H,9H2,1H3. The highest BCUT2D eigenvalue weighted by atomic mass is 32.2. The van der Waals surface area contributed by atoms with E-state index in [1.165, 1.54) is 46.1 Å². The van der Waals surface area contributed by atoms with Crippen molar-refractivity contribution in [2.24, 2.45) is 7.05 Å². The SMILES string of the molecule is Cn1c(SCc2coc(-c3cccc(F)c3)n2)nc2sccc2c1=O. The summed E-state index contributed by atoms with van der Waals surface area (Å²) in [6.45, 7) is 0. The van der Waals surface area contributed by atoms with Crippen LogP contribution in [-0.4, -0.2) is 14.5 Å². The molecular formula is C17H12FN3O2S2. The molecule has 8 heteroatoms. The average molecular weight is 373 g/mol. The summed E-state index contributed by atoms with van der Waals surface area (Å²) in [4.78, 5) is 21.9. The minimum absolute atomic E-state index is 0.0608. The Morgan fingerprint density at radius 2 is 2.20 bits per heavy atom. The Balaban J connectivity index is 1.56. The van der Waals surface area contributed by atoms with Crippen molar-refractivity contribution in [1.82, 2.24) is 14.5 Å². The van der Waals surface area contributed by atoms with Gasteiger partial charge in [-0.3, -0.25) is 9.36 Å². The molecule has 4 rings (SSSR count). The molecule has 4 aromatic rings. The van der Waals surface area contributed by atoms with Crippen LogP contribution in [0.15, 0.2) is 56.3 Å². The molecule has 0 bridgehead atoms. The predicted molar refractivity (Wildman–Crippen MR) is 96.3 cm³/mol. The maximum atomic E-state index is 13.3. The van der Waals surface area contributed by atoms with E-state index in [1.807, 2.05) is 5.38 Å². The van der Waals surface area contributed by atoms with Gasteiger partial charge in [0.25, 0.3) is 5.56 Å². The van der Waals surface area contributed by atoms with Gasteiger partial charge in [0, 0.05) is 18.4 Å². The van der Waals surface area contributed by atoms with Crippen LogP contribution in [0, 0.1) is 5.82 Å². The summed E-state index contributed by atoms with van der Waals surface area (Å²) in [5.41, 5.74) is 1.22. The summed E-state index contributed by atoms with van der Waals surface area (Å²) >= 11 is 2.85. The lowest BCUT2D eigenvalue weighted by molar-refractivity contribution is 0.571. The van der Waals surface area contributed by atoms with Crippen molar-refractivity contribution in [3.05, 3.63) is 63.8 Å². The van der Waals surface area contributed by atoms with Crippen molar-refractivity contribution >= 4 is 33.3 Å². The summed E-state index contributed by atoms with van der Waals surface area (Å²) in [6, 6.07) is 7.88. The molecule has 0 saturated carbocycles. The molecule has 0 atom stereocenters. The van der Waals surface area contributed by atoms with Gasteiger partial charge < -0.3 is 4.42 Å². The van der Waals surface area contributed by atoms with E-state index in [9.17, 15) is 9.18 Å². The number of oxazole rings is 1. The highest BCUT2D eigenvalue weighted by Gasteiger charge is 2.12. The van der Waals surface area contributed by atoms with Crippen LogP contribution in [0.1, 0.15) is 5.69 Å². The van der Waals surface area contributed by atoms with Crippen molar-refractivity contribution in [3.8, 4) is 11.5 Å². The number of aromatic nitrogens is 3. The van der Waals surface area contributed by atoms with E-state index in [0.717, 1.165) is 4.83 Å². The lowest BCUT2D eigenvalue weighted by Gasteiger charge is -2.05. The van der Waals surface area contributed by atoms with Gasteiger partial charge in [0.1, 0.15) is 16.9 Å². The van der Waals surface area contributed by atoms with Gasteiger partial charge in [-0.15, -0.1) is 11.3 Å². The second-order valence-electron chi connectivity index (χ2n) is 5.34. The summed E-state index contributed by atoms with van der Waals surface area (Å²) in [7, 11) is 1.70. The molecule has 0 aliphatic heterocycles. The van der Waals surface area contributed by atoms with E-state index in [2.05, 4.69) is 9.97 Å². The highest BCUT2D eigenvalue weighted by Crippen LogP contribution is 2.25. The minimum Gasteiger partial charge on any atom is -0.444 e. The number of nitrogens with zero attached hydrogens (tertiary/aromatic N) is 3. The number of rotatable bonds is 4. The lowest BCUT2D eigenvalue weighted by Crippen LogP contribution is -2.19. The van der Waals surface area contributed by atoms with Crippen LogP contribution in [0.25, 0.3) is 21.7 Å². The summed E-state index contributed by atoms with van der Waals surface area (Å²) in [5, 5.41) is 3.11. The topological polar surface area (TPSA) is 60.9 Å². The molecule has 3 heterocycles. The van der Waals surface area contributed by atoms with Crippen LogP contribution >= 0.6 is 23.1 Å². The second kappa shape index (κ2) is 6.45. The summed E-state index contributed by atoms with van der Waals surface area (Å²) in [6.07, 6.45) is 1.54. The number of fused-ring (bicyclic) bond motifs is 1. The van der Waals surface area contributed by atoms with E-state index < -0.39 is 0 Å². The second-order valence-corrected chi connectivity index (χ2v) is 7.18. The Morgan fingerprint density at radius 3 is 3.04 bits per heavy atom. The zero-order valence-corrected chi connectivity index (χ0v) is 14.7. The van der Waals surface area contributed by atoms with Crippen LogP contribution in [0.3, 0.4) is 0 Å². The van der Waals surface area contributed by atoms with Crippen molar-refractivity contribution < 1.29 is 8.81 Å². The first-order valence-corrected chi connectivity index (χ1v) is 9.26. The minimum atomic E-state index is -0.338. The van der Waals surface area contributed by atoms with Crippen molar-refractivity contribution in [2.75, 3.05) is 0 Å². The molecule has 0 saturated heterocycles. The predicted octanol–water partition coefficient (Wildman–Crippen LogP) is 4.08. The van der Waals surface area contributed by atoms with Gasteiger partial charge in [0.05, 0.1) is 11.1 Å². The van der Waals surface area contributed by atoms with Crippen LogP contribution in [-0.2, 0) is 12.8 Å².